The first-order valence-corrected chi connectivity index (χ1v) is 6.06. The molecular weight excluding hydrogens is 284 g/mol. The number of halogens is 1. The Balaban J connectivity index is 2.24. The molecule has 4 nitrogen and oxygen atoms in total. The predicted octanol–water partition coefficient (Wildman–Crippen LogP) is 2.82. The summed E-state index contributed by atoms with van der Waals surface area (Å²) in [7, 11) is 1.83. The molecule has 0 radical (unpaired) electrons. The molecule has 0 aliphatic rings. The molecule has 0 fully saturated rings. The summed E-state index contributed by atoms with van der Waals surface area (Å²) in [6.07, 6.45) is 0.283. The van der Waals surface area contributed by atoms with Gasteiger partial charge in [0.1, 0.15) is 5.76 Å². The van der Waals surface area contributed by atoms with Crippen LogP contribution < -0.4 is 0 Å². The highest BCUT2D eigenvalue weighted by molar-refractivity contribution is 9.10. The van der Waals surface area contributed by atoms with Gasteiger partial charge in [-0.25, -0.2) is 0 Å². The van der Waals surface area contributed by atoms with Crippen molar-refractivity contribution in [2.45, 2.75) is 20.3 Å². The highest BCUT2D eigenvalue weighted by Gasteiger charge is 2.17. The molecule has 0 saturated carbocycles. The lowest BCUT2D eigenvalue weighted by Gasteiger charge is -2.00. The Morgan fingerprint density at radius 2 is 2.18 bits per heavy atom. The molecule has 17 heavy (non-hydrogen) atoms. The Morgan fingerprint density at radius 3 is 2.65 bits per heavy atom. The number of furan rings is 1. The van der Waals surface area contributed by atoms with Gasteiger partial charge < -0.3 is 4.42 Å². The molecule has 2 aromatic heterocycles. The second kappa shape index (κ2) is 4.49. The highest BCUT2D eigenvalue weighted by Crippen LogP contribution is 2.22. The molecule has 0 atom stereocenters. The minimum Gasteiger partial charge on any atom is -0.458 e. The lowest BCUT2D eigenvalue weighted by molar-refractivity contribution is 0.0962. The van der Waals surface area contributed by atoms with Crippen LogP contribution in [0.1, 0.15) is 27.7 Å². The first-order valence-electron chi connectivity index (χ1n) is 5.26. The number of carbonyl (C=O) groups excluding carboxylic acids is 1. The molecule has 0 aliphatic heterocycles. The van der Waals surface area contributed by atoms with E-state index in [0.29, 0.717) is 5.76 Å². The zero-order valence-corrected chi connectivity index (χ0v) is 11.5. The third-order valence-electron chi connectivity index (χ3n) is 2.60. The van der Waals surface area contributed by atoms with Crippen LogP contribution in [0.2, 0.25) is 0 Å². The maximum Gasteiger partial charge on any atom is 0.203 e. The van der Waals surface area contributed by atoms with E-state index in [1.165, 1.54) is 0 Å². The van der Waals surface area contributed by atoms with Crippen molar-refractivity contribution in [3.63, 3.8) is 0 Å². The Morgan fingerprint density at radius 1 is 1.47 bits per heavy atom. The van der Waals surface area contributed by atoms with Gasteiger partial charge in [-0.2, -0.15) is 5.10 Å². The van der Waals surface area contributed by atoms with E-state index in [4.69, 9.17) is 4.42 Å². The maximum atomic E-state index is 12.0. The van der Waals surface area contributed by atoms with E-state index in [1.54, 1.807) is 16.8 Å². The summed E-state index contributed by atoms with van der Waals surface area (Å²) in [6, 6.07) is 3.49. The first-order chi connectivity index (χ1) is 7.99. The fourth-order valence-electron chi connectivity index (χ4n) is 1.70. The minimum absolute atomic E-state index is 0.0400. The second-order valence-corrected chi connectivity index (χ2v) is 4.77. The number of ketones is 1. The lowest BCUT2D eigenvalue weighted by atomic mass is 10.2. The molecule has 2 rings (SSSR count). The highest BCUT2D eigenvalue weighted by atomic mass is 79.9. The van der Waals surface area contributed by atoms with Crippen LogP contribution in [0.3, 0.4) is 0 Å². The standard InChI is InChI=1S/C12H13BrN2O2/c1-7-4-5-11(17-7)10(16)6-9-12(13)8(2)14-15(9)3/h4-5H,6H2,1-3H3. The third-order valence-corrected chi connectivity index (χ3v) is 3.64. The number of hydrogen-bond donors (Lipinski definition) is 0. The van der Waals surface area contributed by atoms with Crippen molar-refractivity contribution in [2.24, 2.45) is 7.05 Å². The van der Waals surface area contributed by atoms with Gasteiger partial charge in [0, 0.05) is 7.05 Å². The quantitative estimate of drug-likeness (QED) is 0.818. The van der Waals surface area contributed by atoms with E-state index in [1.807, 2.05) is 20.9 Å². The molecule has 0 bridgehead atoms. The fourth-order valence-corrected chi connectivity index (χ4v) is 2.17. The molecule has 5 heteroatoms. The Kier molecular flexibility index (Phi) is 3.19. The molecule has 0 amide bonds. The predicted molar refractivity (Wildman–Crippen MR) is 67.1 cm³/mol. The van der Waals surface area contributed by atoms with Crippen molar-refractivity contribution in [1.29, 1.82) is 0 Å². The largest absolute Gasteiger partial charge is 0.458 e. The third kappa shape index (κ3) is 2.34. The van der Waals surface area contributed by atoms with E-state index in [0.717, 1.165) is 21.6 Å². The molecule has 2 heterocycles. The number of Topliss-reactive ketones (excluding diaryl/α,β-unsaturated/α-hetero) is 1. The summed E-state index contributed by atoms with van der Waals surface area (Å²) in [6.45, 7) is 3.72. The van der Waals surface area contributed by atoms with Crippen LogP contribution in [-0.4, -0.2) is 15.6 Å². The van der Waals surface area contributed by atoms with Crippen LogP contribution in [0.25, 0.3) is 0 Å². The van der Waals surface area contributed by atoms with Gasteiger partial charge in [-0.3, -0.25) is 9.48 Å². The maximum absolute atomic E-state index is 12.0. The van der Waals surface area contributed by atoms with E-state index < -0.39 is 0 Å². The molecule has 0 unspecified atom stereocenters. The average Bonchev–Trinajstić information content (AvgIpc) is 2.79. The van der Waals surface area contributed by atoms with E-state index >= 15 is 0 Å². The van der Waals surface area contributed by atoms with Crippen LogP contribution >= 0.6 is 15.9 Å². The van der Waals surface area contributed by atoms with E-state index in [2.05, 4.69) is 21.0 Å². The molecular formula is C12H13BrN2O2. The number of aryl methyl sites for hydroxylation is 3. The Labute approximate surface area is 108 Å². The first kappa shape index (κ1) is 12.1. The van der Waals surface area contributed by atoms with Crippen molar-refractivity contribution < 1.29 is 9.21 Å². The summed E-state index contributed by atoms with van der Waals surface area (Å²) < 4.78 is 7.91. The summed E-state index contributed by atoms with van der Waals surface area (Å²) in [4.78, 5) is 12.0. The van der Waals surface area contributed by atoms with Crippen LogP contribution in [0, 0.1) is 13.8 Å². The average molecular weight is 297 g/mol. The number of aromatic nitrogens is 2. The number of rotatable bonds is 3. The topological polar surface area (TPSA) is 48.0 Å². The van der Waals surface area contributed by atoms with Crippen molar-refractivity contribution in [2.75, 3.05) is 0 Å². The SMILES string of the molecule is Cc1ccc(C(=O)Cc2c(Br)c(C)nn2C)o1. The van der Waals surface area contributed by atoms with Gasteiger partial charge in [-0.1, -0.05) is 0 Å². The normalized spacial score (nSPS) is 10.8. The van der Waals surface area contributed by atoms with Crippen LogP contribution in [0.5, 0.6) is 0 Å². The summed E-state index contributed by atoms with van der Waals surface area (Å²) in [5.74, 6) is 1.10. The lowest BCUT2D eigenvalue weighted by Crippen LogP contribution is -2.07. The zero-order valence-electron chi connectivity index (χ0n) is 9.95. The van der Waals surface area contributed by atoms with Gasteiger partial charge in [0.2, 0.25) is 5.78 Å². The molecule has 0 saturated heterocycles. The molecule has 90 valence electrons. The Hall–Kier alpha value is -1.36. The van der Waals surface area contributed by atoms with Crippen molar-refractivity contribution in [3.05, 3.63) is 39.5 Å². The number of carbonyl (C=O) groups is 1. The van der Waals surface area contributed by atoms with Gasteiger partial charge in [-0.05, 0) is 41.9 Å². The molecule has 0 N–H and O–H groups in total. The van der Waals surface area contributed by atoms with Crippen molar-refractivity contribution >= 4 is 21.7 Å². The monoisotopic (exact) mass is 296 g/mol. The summed E-state index contributed by atoms with van der Waals surface area (Å²) >= 11 is 3.44. The molecule has 0 aromatic carbocycles. The smallest absolute Gasteiger partial charge is 0.203 e. The Bertz CT molecular complexity index is 569. The van der Waals surface area contributed by atoms with Gasteiger partial charge in [-0.15, -0.1) is 0 Å². The van der Waals surface area contributed by atoms with Crippen LogP contribution in [-0.2, 0) is 13.5 Å². The molecule has 2 aromatic rings. The van der Waals surface area contributed by atoms with Gasteiger partial charge in [0.15, 0.2) is 5.76 Å². The van der Waals surface area contributed by atoms with E-state index in [9.17, 15) is 4.79 Å². The van der Waals surface area contributed by atoms with Crippen LogP contribution in [0.4, 0.5) is 0 Å². The van der Waals surface area contributed by atoms with E-state index in [-0.39, 0.29) is 12.2 Å². The fraction of sp³-hybridized carbons (Fsp3) is 0.333. The van der Waals surface area contributed by atoms with Crippen molar-refractivity contribution in [1.82, 2.24) is 9.78 Å². The molecule has 0 spiro atoms. The van der Waals surface area contributed by atoms with Crippen molar-refractivity contribution in [3.8, 4) is 0 Å². The number of hydrogen-bond acceptors (Lipinski definition) is 3. The van der Waals surface area contributed by atoms with Gasteiger partial charge in [0.25, 0.3) is 0 Å². The van der Waals surface area contributed by atoms with Gasteiger partial charge in [0.05, 0.1) is 22.3 Å². The summed E-state index contributed by atoms with van der Waals surface area (Å²) in [5.41, 5.74) is 1.74. The van der Waals surface area contributed by atoms with Crippen LogP contribution in [0.15, 0.2) is 21.0 Å². The summed E-state index contributed by atoms with van der Waals surface area (Å²) in [5, 5.41) is 4.25. The zero-order chi connectivity index (χ0) is 12.6. The van der Waals surface area contributed by atoms with Gasteiger partial charge >= 0.3 is 0 Å². The number of nitrogens with zero attached hydrogens (tertiary/aromatic N) is 2. The minimum atomic E-state index is -0.0400. The second-order valence-electron chi connectivity index (χ2n) is 3.98. The molecule has 0 aliphatic carbocycles.